The number of hydrogen-bond acceptors (Lipinski definition) is 4. The van der Waals surface area contributed by atoms with E-state index in [2.05, 4.69) is 24.1 Å². The van der Waals surface area contributed by atoms with E-state index in [4.69, 9.17) is 4.74 Å². The van der Waals surface area contributed by atoms with Crippen molar-refractivity contribution in [3.63, 3.8) is 0 Å². The molecule has 0 aliphatic carbocycles. The van der Waals surface area contributed by atoms with Gasteiger partial charge in [0.05, 0.1) is 23.8 Å². The molecule has 6 heteroatoms. The van der Waals surface area contributed by atoms with Gasteiger partial charge in [0, 0.05) is 30.6 Å². The monoisotopic (exact) mass is 297 g/mol. The molecule has 20 heavy (non-hydrogen) atoms. The highest BCUT2D eigenvalue weighted by atomic mass is 32.1. The average Bonchev–Trinajstić information content (AvgIpc) is 2.84. The summed E-state index contributed by atoms with van der Waals surface area (Å²) in [5.41, 5.74) is -0.206. The van der Waals surface area contributed by atoms with Crippen molar-refractivity contribution in [2.24, 2.45) is 0 Å². The average molecular weight is 297 g/mol. The number of aromatic nitrogens is 1. The van der Waals surface area contributed by atoms with Crippen LogP contribution in [-0.4, -0.2) is 47.8 Å². The predicted octanol–water partition coefficient (Wildman–Crippen LogP) is 2.20. The molecule has 0 bridgehead atoms. The molecule has 1 fully saturated rings. The molecular weight excluding hydrogens is 274 g/mol. The molecule has 5 nitrogen and oxygen atoms in total. The fourth-order valence-electron chi connectivity index (χ4n) is 2.22. The van der Waals surface area contributed by atoms with E-state index in [-0.39, 0.29) is 11.6 Å². The summed E-state index contributed by atoms with van der Waals surface area (Å²) in [4.78, 5) is 19.5. The van der Waals surface area contributed by atoms with Crippen molar-refractivity contribution in [2.45, 2.75) is 39.2 Å². The van der Waals surface area contributed by atoms with Crippen LogP contribution >= 0.6 is 11.3 Å². The summed E-state index contributed by atoms with van der Waals surface area (Å²) in [7, 11) is 0. The smallest absolute Gasteiger partial charge is 0.317 e. The van der Waals surface area contributed by atoms with Gasteiger partial charge in [0.15, 0.2) is 0 Å². The van der Waals surface area contributed by atoms with Gasteiger partial charge in [-0.25, -0.2) is 9.78 Å². The van der Waals surface area contributed by atoms with Gasteiger partial charge in [-0.1, -0.05) is 6.92 Å². The second-order valence-corrected chi connectivity index (χ2v) is 6.74. The third-order valence-electron chi connectivity index (χ3n) is 3.66. The Hall–Kier alpha value is -1.14. The van der Waals surface area contributed by atoms with Gasteiger partial charge in [0.25, 0.3) is 0 Å². The highest BCUT2D eigenvalue weighted by Gasteiger charge is 2.32. The normalized spacial score (nSPS) is 22.9. The Morgan fingerprint density at radius 3 is 3.10 bits per heavy atom. The third-order valence-corrected chi connectivity index (χ3v) is 4.63. The molecule has 1 aromatic heterocycles. The third kappa shape index (κ3) is 3.93. The van der Waals surface area contributed by atoms with Crippen molar-refractivity contribution in [2.75, 3.05) is 26.2 Å². The summed E-state index contributed by atoms with van der Waals surface area (Å²) in [5, 5.41) is 4.04. The van der Waals surface area contributed by atoms with E-state index in [9.17, 15) is 4.79 Å². The van der Waals surface area contributed by atoms with E-state index in [1.54, 1.807) is 11.3 Å². The second kappa shape index (κ2) is 6.54. The van der Waals surface area contributed by atoms with E-state index >= 15 is 0 Å². The van der Waals surface area contributed by atoms with Gasteiger partial charge in [-0.05, 0) is 20.3 Å². The molecule has 1 saturated heterocycles. The lowest BCUT2D eigenvalue weighted by molar-refractivity contribution is -0.0872. The quantitative estimate of drug-likeness (QED) is 0.927. The number of thiazole rings is 1. The maximum Gasteiger partial charge on any atom is 0.317 e. The van der Waals surface area contributed by atoms with Crippen LogP contribution < -0.4 is 5.32 Å². The van der Waals surface area contributed by atoms with Gasteiger partial charge in [0.2, 0.25) is 0 Å². The Labute approximate surface area is 124 Å². The molecule has 0 radical (unpaired) electrons. The molecule has 2 heterocycles. The van der Waals surface area contributed by atoms with Gasteiger partial charge in [-0.2, -0.15) is 0 Å². The summed E-state index contributed by atoms with van der Waals surface area (Å²) >= 11 is 1.68. The van der Waals surface area contributed by atoms with Crippen molar-refractivity contribution in [1.29, 1.82) is 0 Å². The Morgan fingerprint density at radius 1 is 1.65 bits per heavy atom. The number of amides is 2. The molecule has 1 aliphatic heterocycles. The van der Waals surface area contributed by atoms with Crippen LogP contribution in [0.25, 0.3) is 0 Å². The lowest BCUT2D eigenvalue weighted by Crippen LogP contribution is -2.54. The highest BCUT2D eigenvalue weighted by Crippen LogP contribution is 2.20. The minimum Gasteiger partial charge on any atom is -0.372 e. The van der Waals surface area contributed by atoms with Crippen LogP contribution in [0, 0.1) is 6.92 Å². The van der Waals surface area contributed by atoms with Crippen LogP contribution in [0.1, 0.15) is 30.2 Å². The summed E-state index contributed by atoms with van der Waals surface area (Å²) in [5.74, 6) is 0. The number of nitrogens with one attached hydrogen (secondary N) is 1. The lowest BCUT2D eigenvalue weighted by Gasteiger charge is -2.39. The summed E-state index contributed by atoms with van der Waals surface area (Å²) in [6, 6.07) is 0.00116. The van der Waals surface area contributed by atoms with Crippen LogP contribution in [-0.2, 0) is 11.2 Å². The first-order valence-corrected chi connectivity index (χ1v) is 7.92. The van der Waals surface area contributed by atoms with Crippen LogP contribution in [0.15, 0.2) is 6.20 Å². The van der Waals surface area contributed by atoms with Gasteiger partial charge in [-0.15, -0.1) is 11.3 Å². The molecule has 1 N–H and O–H groups in total. The van der Waals surface area contributed by atoms with Crippen molar-refractivity contribution < 1.29 is 9.53 Å². The first-order chi connectivity index (χ1) is 9.52. The molecule has 112 valence electrons. The minimum atomic E-state index is -0.206. The first-order valence-electron chi connectivity index (χ1n) is 7.10. The zero-order valence-corrected chi connectivity index (χ0v) is 13.3. The van der Waals surface area contributed by atoms with Crippen molar-refractivity contribution >= 4 is 17.4 Å². The number of morpholine rings is 1. The number of hydrogen-bond donors (Lipinski definition) is 1. The number of carbonyl (C=O) groups is 1. The summed E-state index contributed by atoms with van der Waals surface area (Å²) < 4.78 is 5.74. The Bertz CT molecular complexity index is 463. The Morgan fingerprint density at radius 2 is 2.45 bits per heavy atom. The summed E-state index contributed by atoms with van der Waals surface area (Å²) in [6.07, 6.45) is 3.57. The van der Waals surface area contributed by atoms with Crippen LogP contribution in [0.5, 0.6) is 0 Å². The number of ether oxygens (including phenoxy) is 1. The molecule has 0 spiro atoms. The number of urea groups is 1. The first kappa shape index (κ1) is 15.3. The number of rotatable bonds is 4. The standard InChI is InChI=1S/C14H23N3O2S/c1-4-14(3)10-17(7-8-19-14)13(18)15-6-5-12-16-9-11(2)20-12/h9H,4-8,10H2,1-3H3,(H,15,18)/t14-/m1/s1. The van der Waals surface area contributed by atoms with Crippen molar-refractivity contribution in [1.82, 2.24) is 15.2 Å². The summed E-state index contributed by atoms with van der Waals surface area (Å²) in [6.45, 7) is 8.76. The van der Waals surface area contributed by atoms with Crippen molar-refractivity contribution in [3.8, 4) is 0 Å². The van der Waals surface area contributed by atoms with E-state index in [0.717, 1.165) is 17.8 Å². The zero-order chi connectivity index (χ0) is 14.6. The SMILES string of the molecule is CC[C@]1(C)CN(C(=O)NCCc2ncc(C)s2)CCO1. The van der Waals surface area contributed by atoms with E-state index < -0.39 is 0 Å². The van der Waals surface area contributed by atoms with Crippen LogP contribution in [0.2, 0.25) is 0 Å². The topological polar surface area (TPSA) is 54.5 Å². The molecular formula is C14H23N3O2S. The van der Waals surface area contributed by atoms with E-state index in [0.29, 0.717) is 26.2 Å². The highest BCUT2D eigenvalue weighted by molar-refractivity contribution is 7.11. The lowest BCUT2D eigenvalue weighted by atomic mass is 10.0. The molecule has 0 saturated carbocycles. The molecule has 2 rings (SSSR count). The number of nitrogens with zero attached hydrogens (tertiary/aromatic N) is 2. The molecule has 1 aromatic rings. The van der Waals surface area contributed by atoms with Crippen LogP contribution in [0.3, 0.4) is 0 Å². The second-order valence-electron chi connectivity index (χ2n) is 5.42. The van der Waals surface area contributed by atoms with E-state index in [1.807, 2.05) is 18.0 Å². The predicted molar refractivity (Wildman–Crippen MR) is 80.2 cm³/mol. The van der Waals surface area contributed by atoms with Gasteiger partial charge in [-0.3, -0.25) is 0 Å². The van der Waals surface area contributed by atoms with Gasteiger partial charge >= 0.3 is 6.03 Å². The fraction of sp³-hybridized carbons (Fsp3) is 0.714. The van der Waals surface area contributed by atoms with Crippen LogP contribution in [0.4, 0.5) is 4.79 Å². The Kier molecular flexibility index (Phi) is 4.99. The largest absolute Gasteiger partial charge is 0.372 e. The van der Waals surface area contributed by atoms with E-state index in [1.165, 1.54) is 4.88 Å². The molecule has 2 amide bonds. The fourth-order valence-corrected chi connectivity index (χ4v) is 3.01. The molecule has 1 atom stereocenters. The number of carbonyl (C=O) groups excluding carboxylic acids is 1. The minimum absolute atomic E-state index is 0.00116. The molecule has 0 unspecified atom stereocenters. The molecule has 0 aromatic carbocycles. The Balaban J connectivity index is 1.77. The number of aryl methyl sites for hydroxylation is 1. The van der Waals surface area contributed by atoms with Gasteiger partial charge < -0.3 is 15.0 Å². The maximum atomic E-state index is 12.1. The maximum absolute atomic E-state index is 12.1. The molecule has 1 aliphatic rings. The van der Waals surface area contributed by atoms with Gasteiger partial charge in [0.1, 0.15) is 0 Å². The van der Waals surface area contributed by atoms with Crippen molar-refractivity contribution in [3.05, 3.63) is 16.1 Å². The zero-order valence-electron chi connectivity index (χ0n) is 12.4.